The third-order valence-corrected chi connectivity index (χ3v) is 5.28. The van der Waals surface area contributed by atoms with Crippen LogP contribution in [0.4, 0.5) is 8.78 Å². The largest absolute Gasteiger partial charge is 0.351 e. The van der Waals surface area contributed by atoms with Crippen molar-refractivity contribution in [3.05, 3.63) is 71.3 Å². The van der Waals surface area contributed by atoms with Gasteiger partial charge in [0.05, 0.1) is 6.04 Å². The lowest BCUT2D eigenvalue weighted by Crippen LogP contribution is -2.46. The fourth-order valence-corrected chi connectivity index (χ4v) is 3.52. The van der Waals surface area contributed by atoms with Crippen LogP contribution in [0.5, 0.6) is 0 Å². The van der Waals surface area contributed by atoms with E-state index in [1.165, 1.54) is 18.2 Å². The molecule has 0 bridgehead atoms. The fourth-order valence-electron chi connectivity index (χ4n) is 3.52. The van der Waals surface area contributed by atoms with Crippen LogP contribution in [0.25, 0.3) is 0 Å². The van der Waals surface area contributed by atoms with Gasteiger partial charge in [0.15, 0.2) is 0 Å². The molecular weight excluding hydrogens is 360 g/mol. The van der Waals surface area contributed by atoms with Gasteiger partial charge in [0.2, 0.25) is 5.91 Å². The van der Waals surface area contributed by atoms with Crippen molar-refractivity contribution in [1.82, 2.24) is 15.1 Å². The van der Waals surface area contributed by atoms with E-state index in [0.717, 1.165) is 44.7 Å². The number of carbonyl (C=O) groups excluding carboxylic acids is 1. The summed E-state index contributed by atoms with van der Waals surface area (Å²) in [5.41, 5.74) is 1.58. The molecule has 1 aliphatic heterocycles. The first-order chi connectivity index (χ1) is 13.5. The molecule has 0 aliphatic carbocycles. The molecule has 1 aliphatic rings. The number of nitrogens with one attached hydrogen (secondary N) is 1. The Bertz CT molecular complexity index is 782. The SMILES string of the molecule is CC(C(=O)NCc1ccccc1F)N1CCCN(Cc2ccc(F)cc2)CC1. The standard InChI is InChI=1S/C22H27F2N3O/c1-17(22(28)25-15-19-5-2-3-6-21(19)24)27-12-4-11-26(13-14-27)16-18-7-9-20(23)10-8-18/h2-3,5-10,17H,4,11-16H2,1H3,(H,25,28). The van der Waals surface area contributed by atoms with Crippen LogP contribution in [0, 0.1) is 11.6 Å². The van der Waals surface area contributed by atoms with Gasteiger partial charge in [-0.25, -0.2) is 8.78 Å². The molecule has 1 fully saturated rings. The fraction of sp³-hybridized carbons (Fsp3) is 0.409. The lowest BCUT2D eigenvalue weighted by molar-refractivity contribution is -0.126. The molecule has 6 heteroatoms. The summed E-state index contributed by atoms with van der Waals surface area (Å²) in [5, 5.41) is 2.84. The highest BCUT2D eigenvalue weighted by molar-refractivity contribution is 5.81. The molecule has 1 amide bonds. The highest BCUT2D eigenvalue weighted by atomic mass is 19.1. The second-order valence-electron chi connectivity index (χ2n) is 7.28. The van der Waals surface area contributed by atoms with E-state index >= 15 is 0 Å². The average Bonchev–Trinajstić information content (AvgIpc) is 2.94. The molecule has 4 nitrogen and oxygen atoms in total. The van der Waals surface area contributed by atoms with Gasteiger partial charge < -0.3 is 5.32 Å². The summed E-state index contributed by atoms with van der Waals surface area (Å²) in [6.07, 6.45) is 0.964. The molecule has 0 spiro atoms. The monoisotopic (exact) mass is 387 g/mol. The van der Waals surface area contributed by atoms with Gasteiger partial charge in [-0.05, 0) is 43.7 Å². The van der Waals surface area contributed by atoms with Crippen LogP contribution < -0.4 is 5.32 Å². The third-order valence-electron chi connectivity index (χ3n) is 5.28. The van der Waals surface area contributed by atoms with Crippen molar-refractivity contribution in [3.8, 4) is 0 Å². The Morgan fingerprint density at radius 3 is 2.54 bits per heavy atom. The van der Waals surface area contributed by atoms with Gasteiger partial charge >= 0.3 is 0 Å². The number of amides is 1. The lowest BCUT2D eigenvalue weighted by atomic mass is 10.2. The number of nitrogens with zero attached hydrogens (tertiary/aromatic N) is 2. The summed E-state index contributed by atoms with van der Waals surface area (Å²) in [6, 6.07) is 12.8. The number of halogens is 2. The number of hydrogen-bond donors (Lipinski definition) is 1. The zero-order chi connectivity index (χ0) is 19.9. The molecule has 1 unspecified atom stereocenters. The Balaban J connectivity index is 1.49. The van der Waals surface area contributed by atoms with Crippen molar-refractivity contribution in [3.63, 3.8) is 0 Å². The molecule has 150 valence electrons. The predicted octanol–water partition coefficient (Wildman–Crippen LogP) is 3.18. The summed E-state index contributed by atoms with van der Waals surface area (Å²) in [6.45, 7) is 6.29. The minimum Gasteiger partial charge on any atom is -0.351 e. The van der Waals surface area contributed by atoms with Crippen LogP contribution in [0.2, 0.25) is 0 Å². The van der Waals surface area contributed by atoms with Gasteiger partial charge in [0, 0.05) is 38.3 Å². The number of benzene rings is 2. The van der Waals surface area contributed by atoms with Crippen LogP contribution >= 0.6 is 0 Å². The first kappa shape index (κ1) is 20.4. The van der Waals surface area contributed by atoms with Crippen molar-refractivity contribution in [2.45, 2.75) is 32.5 Å². The second-order valence-corrected chi connectivity index (χ2v) is 7.28. The molecule has 0 aromatic heterocycles. The van der Waals surface area contributed by atoms with E-state index in [1.807, 2.05) is 19.1 Å². The molecular formula is C22H27F2N3O. The minimum atomic E-state index is -0.304. The summed E-state index contributed by atoms with van der Waals surface area (Å²) < 4.78 is 26.8. The molecule has 0 radical (unpaired) electrons. The number of hydrogen-bond acceptors (Lipinski definition) is 3. The van der Waals surface area contributed by atoms with Gasteiger partial charge in [-0.15, -0.1) is 0 Å². The van der Waals surface area contributed by atoms with E-state index in [4.69, 9.17) is 0 Å². The van der Waals surface area contributed by atoms with Crippen molar-refractivity contribution >= 4 is 5.91 Å². The van der Waals surface area contributed by atoms with E-state index in [9.17, 15) is 13.6 Å². The molecule has 1 N–H and O–H groups in total. The van der Waals surface area contributed by atoms with Crippen LogP contribution in [0.1, 0.15) is 24.5 Å². The summed E-state index contributed by atoms with van der Waals surface area (Å²) in [7, 11) is 0. The Kier molecular flexibility index (Phi) is 7.12. The smallest absolute Gasteiger partial charge is 0.237 e. The zero-order valence-electron chi connectivity index (χ0n) is 16.2. The van der Waals surface area contributed by atoms with Crippen molar-refractivity contribution in [2.75, 3.05) is 26.2 Å². The second kappa shape index (κ2) is 9.75. The lowest BCUT2D eigenvalue weighted by Gasteiger charge is -2.27. The molecule has 1 atom stereocenters. The highest BCUT2D eigenvalue weighted by Gasteiger charge is 2.24. The maximum absolute atomic E-state index is 13.7. The summed E-state index contributed by atoms with van der Waals surface area (Å²) in [4.78, 5) is 17.0. The Morgan fingerprint density at radius 2 is 1.79 bits per heavy atom. The van der Waals surface area contributed by atoms with Crippen LogP contribution in [0.15, 0.2) is 48.5 Å². The topological polar surface area (TPSA) is 35.6 Å². The van der Waals surface area contributed by atoms with Gasteiger partial charge in [0.25, 0.3) is 0 Å². The van der Waals surface area contributed by atoms with E-state index in [-0.39, 0.29) is 30.1 Å². The van der Waals surface area contributed by atoms with Gasteiger partial charge in [-0.2, -0.15) is 0 Å². The molecule has 3 rings (SSSR count). The molecule has 0 saturated carbocycles. The maximum Gasteiger partial charge on any atom is 0.237 e. The first-order valence-corrected chi connectivity index (χ1v) is 9.75. The Labute approximate surface area is 165 Å². The van der Waals surface area contributed by atoms with Gasteiger partial charge in [-0.3, -0.25) is 14.6 Å². The predicted molar refractivity (Wildman–Crippen MR) is 106 cm³/mol. The van der Waals surface area contributed by atoms with Gasteiger partial charge in [-0.1, -0.05) is 30.3 Å². The van der Waals surface area contributed by atoms with Crippen LogP contribution in [0.3, 0.4) is 0 Å². The van der Waals surface area contributed by atoms with Crippen LogP contribution in [-0.2, 0) is 17.9 Å². The average molecular weight is 387 g/mol. The van der Waals surface area contributed by atoms with E-state index < -0.39 is 0 Å². The first-order valence-electron chi connectivity index (χ1n) is 9.75. The van der Waals surface area contributed by atoms with Gasteiger partial charge in [0.1, 0.15) is 11.6 Å². The maximum atomic E-state index is 13.7. The third kappa shape index (κ3) is 5.59. The van der Waals surface area contributed by atoms with Crippen molar-refractivity contribution in [2.24, 2.45) is 0 Å². The molecule has 1 heterocycles. The highest BCUT2D eigenvalue weighted by Crippen LogP contribution is 2.12. The van der Waals surface area contributed by atoms with E-state index in [2.05, 4.69) is 15.1 Å². The Hall–Kier alpha value is -2.31. The zero-order valence-corrected chi connectivity index (χ0v) is 16.2. The molecule has 2 aromatic carbocycles. The van der Waals surface area contributed by atoms with E-state index in [1.54, 1.807) is 18.2 Å². The summed E-state index contributed by atoms with van der Waals surface area (Å²) in [5.74, 6) is -0.613. The summed E-state index contributed by atoms with van der Waals surface area (Å²) >= 11 is 0. The molecule has 28 heavy (non-hydrogen) atoms. The minimum absolute atomic E-state index is 0.0877. The Morgan fingerprint density at radius 1 is 1.04 bits per heavy atom. The normalized spacial score (nSPS) is 17.1. The molecule has 2 aromatic rings. The van der Waals surface area contributed by atoms with Crippen molar-refractivity contribution < 1.29 is 13.6 Å². The van der Waals surface area contributed by atoms with E-state index in [0.29, 0.717) is 5.56 Å². The van der Waals surface area contributed by atoms with Crippen LogP contribution in [-0.4, -0.2) is 47.9 Å². The number of rotatable bonds is 6. The van der Waals surface area contributed by atoms with Crippen molar-refractivity contribution in [1.29, 1.82) is 0 Å². The quantitative estimate of drug-likeness (QED) is 0.827. The molecule has 1 saturated heterocycles. The number of carbonyl (C=O) groups is 1.